The van der Waals surface area contributed by atoms with Crippen molar-refractivity contribution in [2.45, 2.75) is 32.0 Å². The van der Waals surface area contributed by atoms with Crippen molar-refractivity contribution in [3.05, 3.63) is 65.7 Å². The van der Waals surface area contributed by atoms with E-state index in [4.69, 9.17) is 4.74 Å². The number of benzene rings is 2. The Bertz CT molecular complexity index is 788. The zero-order chi connectivity index (χ0) is 19.9. The van der Waals surface area contributed by atoms with Gasteiger partial charge in [-0.2, -0.15) is 0 Å². The van der Waals surface area contributed by atoms with E-state index >= 15 is 0 Å². The van der Waals surface area contributed by atoms with Crippen LogP contribution in [-0.4, -0.2) is 42.7 Å². The summed E-state index contributed by atoms with van der Waals surface area (Å²) < 4.78 is 31.8. The Morgan fingerprint density at radius 1 is 1.25 bits per heavy atom. The molecule has 3 rings (SSSR count). The van der Waals surface area contributed by atoms with E-state index in [0.717, 1.165) is 38.2 Å². The number of carbonyl (C=O) groups excluding carboxylic acids is 1. The van der Waals surface area contributed by atoms with Crippen molar-refractivity contribution in [3.63, 3.8) is 0 Å². The van der Waals surface area contributed by atoms with E-state index in [2.05, 4.69) is 27.7 Å². The molecule has 0 aromatic heterocycles. The lowest BCUT2D eigenvalue weighted by molar-refractivity contribution is 0.220. The average Bonchev–Trinajstić information content (AvgIpc) is 3.08. The molecule has 0 spiro atoms. The van der Waals surface area contributed by atoms with Gasteiger partial charge in [-0.05, 0) is 31.0 Å². The van der Waals surface area contributed by atoms with E-state index in [-0.39, 0.29) is 30.5 Å². The maximum atomic E-state index is 13.6. The minimum absolute atomic E-state index is 0.0391. The van der Waals surface area contributed by atoms with E-state index in [1.165, 1.54) is 11.6 Å². The summed E-state index contributed by atoms with van der Waals surface area (Å²) in [5.74, 6) is -1.46. The summed E-state index contributed by atoms with van der Waals surface area (Å²) in [4.78, 5) is 14.5. The molecule has 7 heteroatoms. The maximum absolute atomic E-state index is 13.6. The Balaban J connectivity index is 1.38. The van der Waals surface area contributed by atoms with E-state index in [1.54, 1.807) is 6.92 Å². The third-order valence-corrected chi connectivity index (χ3v) is 4.62. The highest BCUT2D eigenvalue weighted by molar-refractivity contribution is 5.74. The van der Waals surface area contributed by atoms with E-state index in [9.17, 15) is 13.6 Å². The van der Waals surface area contributed by atoms with Crippen LogP contribution in [0.5, 0.6) is 5.75 Å². The fourth-order valence-electron chi connectivity index (χ4n) is 3.24. The molecule has 1 saturated heterocycles. The molecular weight excluding hydrogens is 364 g/mol. The van der Waals surface area contributed by atoms with E-state index in [0.29, 0.717) is 0 Å². The van der Waals surface area contributed by atoms with Gasteiger partial charge in [-0.25, -0.2) is 13.6 Å². The fourth-order valence-corrected chi connectivity index (χ4v) is 3.24. The second-order valence-corrected chi connectivity index (χ2v) is 7.11. The maximum Gasteiger partial charge on any atom is 0.315 e. The van der Waals surface area contributed by atoms with Crippen LogP contribution in [0.25, 0.3) is 0 Å². The van der Waals surface area contributed by atoms with Crippen LogP contribution in [0.3, 0.4) is 0 Å². The number of hydrogen-bond donors (Lipinski definition) is 2. The molecule has 28 heavy (non-hydrogen) atoms. The van der Waals surface area contributed by atoms with Crippen LogP contribution in [0.1, 0.15) is 18.9 Å². The van der Waals surface area contributed by atoms with Gasteiger partial charge >= 0.3 is 6.03 Å². The van der Waals surface area contributed by atoms with Crippen LogP contribution in [0.4, 0.5) is 13.6 Å². The third-order valence-electron chi connectivity index (χ3n) is 4.62. The minimum Gasteiger partial charge on any atom is -0.488 e. The summed E-state index contributed by atoms with van der Waals surface area (Å²) in [5, 5.41) is 5.75. The lowest BCUT2D eigenvalue weighted by atomic mass is 10.2. The second-order valence-electron chi connectivity index (χ2n) is 7.11. The summed E-state index contributed by atoms with van der Waals surface area (Å²) in [6.07, 6.45) is 0.895. The topological polar surface area (TPSA) is 53.6 Å². The van der Waals surface area contributed by atoms with Crippen LogP contribution in [0, 0.1) is 11.6 Å². The molecule has 2 N–H and O–H groups in total. The SMILES string of the molecule is CC(COc1ccc(F)cc1F)NC(=O)NC1CCN(Cc2ccccc2)C1. The Kier molecular flexibility index (Phi) is 6.81. The number of amides is 2. The lowest BCUT2D eigenvalue weighted by Gasteiger charge is -2.19. The summed E-state index contributed by atoms with van der Waals surface area (Å²) in [7, 11) is 0. The molecule has 0 radical (unpaired) electrons. The number of likely N-dealkylation sites (tertiary alicyclic amines) is 1. The molecule has 1 heterocycles. The van der Waals surface area contributed by atoms with Crippen LogP contribution >= 0.6 is 0 Å². The van der Waals surface area contributed by atoms with Crippen molar-refractivity contribution < 1.29 is 18.3 Å². The molecule has 2 aromatic carbocycles. The predicted molar refractivity (Wildman–Crippen MR) is 103 cm³/mol. The Hall–Kier alpha value is -2.67. The highest BCUT2D eigenvalue weighted by Crippen LogP contribution is 2.17. The van der Waals surface area contributed by atoms with Crippen LogP contribution in [-0.2, 0) is 6.54 Å². The number of rotatable bonds is 7. The zero-order valence-corrected chi connectivity index (χ0v) is 15.8. The van der Waals surface area contributed by atoms with Crippen LogP contribution < -0.4 is 15.4 Å². The van der Waals surface area contributed by atoms with Crippen molar-refractivity contribution in [2.24, 2.45) is 0 Å². The fraction of sp³-hybridized carbons (Fsp3) is 0.381. The molecule has 1 fully saturated rings. The second kappa shape index (κ2) is 9.50. The van der Waals surface area contributed by atoms with Crippen LogP contribution in [0.15, 0.2) is 48.5 Å². The third kappa shape index (κ3) is 5.92. The van der Waals surface area contributed by atoms with Crippen molar-refractivity contribution in [1.29, 1.82) is 0 Å². The van der Waals surface area contributed by atoms with Gasteiger partial charge in [0.25, 0.3) is 0 Å². The molecule has 1 aliphatic heterocycles. The predicted octanol–water partition coefficient (Wildman–Crippen LogP) is 3.31. The zero-order valence-electron chi connectivity index (χ0n) is 15.8. The quantitative estimate of drug-likeness (QED) is 0.764. The summed E-state index contributed by atoms with van der Waals surface area (Å²) in [6, 6.07) is 12.9. The molecule has 2 amide bonds. The molecule has 0 aliphatic carbocycles. The first-order valence-corrected chi connectivity index (χ1v) is 9.41. The minimum atomic E-state index is -0.763. The number of ether oxygens (including phenoxy) is 1. The summed E-state index contributed by atoms with van der Waals surface area (Å²) in [6.45, 7) is 4.45. The molecule has 0 saturated carbocycles. The van der Waals surface area contributed by atoms with Gasteiger partial charge in [0.1, 0.15) is 12.4 Å². The van der Waals surface area contributed by atoms with E-state index in [1.807, 2.05) is 18.2 Å². The smallest absolute Gasteiger partial charge is 0.315 e. The first-order valence-electron chi connectivity index (χ1n) is 9.41. The molecule has 2 unspecified atom stereocenters. The number of halogens is 2. The number of nitrogens with one attached hydrogen (secondary N) is 2. The molecule has 150 valence electrons. The number of carbonyl (C=O) groups is 1. The van der Waals surface area contributed by atoms with Gasteiger partial charge in [-0.3, -0.25) is 4.90 Å². The largest absolute Gasteiger partial charge is 0.488 e. The van der Waals surface area contributed by atoms with Gasteiger partial charge in [-0.15, -0.1) is 0 Å². The van der Waals surface area contributed by atoms with Crippen LogP contribution in [0.2, 0.25) is 0 Å². The number of urea groups is 1. The van der Waals surface area contributed by atoms with Gasteiger partial charge in [0.05, 0.1) is 6.04 Å². The first-order chi connectivity index (χ1) is 13.5. The van der Waals surface area contributed by atoms with Crippen molar-refractivity contribution in [2.75, 3.05) is 19.7 Å². The molecule has 2 aromatic rings. The van der Waals surface area contributed by atoms with Gasteiger partial charge in [0, 0.05) is 31.7 Å². The molecule has 1 aliphatic rings. The monoisotopic (exact) mass is 389 g/mol. The van der Waals surface area contributed by atoms with Crippen molar-refractivity contribution >= 4 is 6.03 Å². The Morgan fingerprint density at radius 3 is 2.79 bits per heavy atom. The summed E-state index contributed by atoms with van der Waals surface area (Å²) in [5.41, 5.74) is 1.26. The molecule has 5 nitrogen and oxygen atoms in total. The Morgan fingerprint density at radius 2 is 2.04 bits per heavy atom. The molecule has 0 bridgehead atoms. The van der Waals surface area contributed by atoms with Gasteiger partial charge < -0.3 is 15.4 Å². The molecule has 2 atom stereocenters. The van der Waals surface area contributed by atoms with E-state index < -0.39 is 11.6 Å². The number of hydrogen-bond acceptors (Lipinski definition) is 3. The molecular formula is C21H25F2N3O2. The average molecular weight is 389 g/mol. The highest BCUT2D eigenvalue weighted by Gasteiger charge is 2.24. The van der Waals surface area contributed by atoms with Crippen molar-refractivity contribution in [1.82, 2.24) is 15.5 Å². The van der Waals surface area contributed by atoms with Gasteiger partial charge in [-0.1, -0.05) is 30.3 Å². The van der Waals surface area contributed by atoms with Gasteiger partial charge in [0.15, 0.2) is 11.6 Å². The highest BCUT2D eigenvalue weighted by atomic mass is 19.1. The van der Waals surface area contributed by atoms with Gasteiger partial charge in [0.2, 0.25) is 0 Å². The number of nitrogens with zero attached hydrogens (tertiary/aromatic N) is 1. The van der Waals surface area contributed by atoms with Crippen molar-refractivity contribution in [3.8, 4) is 5.75 Å². The summed E-state index contributed by atoms with van der Waals surface area (Å²) >= 11 is 0. The first kappa shape index (κ1) is 20.1. The Labute approximate surface area is 163 Å². The lowest BCUT2D eigenvalue weighted by Crippen LogP contribution is -2.47. The standard InChI is InChI=1S/C21H25F2N3O2/c1-15(14-28-20-8-7-17(22)11-19(20)23)24-21(27)25-18-9-10-26(13-18)12-16-5-3-2-4-6-16/h2-8,11,15,18H,9-10,12-14H2,1H3,(H2,24,25,27). The normalized spacial score (nSPS) is 17.9.